The van der Waals surface area contributed by atoms with Crippen LogP contribution in [-0.4, -0.2) is 32.7 Å². The molecule has 34 heavy (non-hydrogen) atoms. The Bertz CT molecular complexity index is 1210. The molecule has 2 aromatic rings. The topological polar surface area (TPSA) is 131 Å². The average Bonchev–Trinajstić information content (AvgIpc) is 3.39. The van der Waals surface area contributed by atoms with Crippen LogP contribution in [-0.2, 0) is 4.79 Å². The lowest BCUT2D eigenvalue weighted by atomic mass is 9.83. The predicted molar refractivity (Wildman–Crippen MR) is 140 cm³/mol. The molecular formula is C23H23BrIN5O4. The Kier molecular flexibility index (Phi) is 7.39. The van der Waals surface area contributed by atoms with Crippen LogP contribution in [0.15, 0.2) is 40.2 Å². The number of fused-ring (bicyclic) bond motifs is 1. The van der Waals surface area contributed by atoms with E-state index in [4.69, 9.17) is 19.9 Å². The van der Waals surface area contributed by atoms with Crippen molar-refractivity contribution in [2.75, 3.05) is 31.8 Å². The van der Waals surface area contributed by atoms with E-state index in [-0.39, 0.29) is 23.5 Å². The molecule has 0 saturated carbocycles. The Morgan fingerprint density at radius 3 is 2.76 bits per heavy atom. The van der Waals surface area contributed by atoms with Crippen molar-refractivity contribution in [1.82, 2.24) is 8.85 Å². The second-order valence-corrected chi connectivity index (χ2v) is 9.20. The van der Waals surface area contributed by atoms with E-state index in [1.54, 1.807) is 20.3 Å². The number of hydrogen-bond acceptors (Lipinski definition) is 8. The molecule has 2 heterocycles. The fraction of sp³-hybridized carbons (Fsp3) is 0.304. The van der Waals surface area contributed by atoms with Gasteiger partial charge in [-0.25, -0.2) is 0 Å². The molecule has 2 aromatic carbocycles. The summed E-state index contributed by atoms with van der Waals surface area (Å²) in [6.07, 6.45) is 1.73. The lowest BCUT2D eigenvalue weighted by molar-refractivity contribution is -0.117. The Morgan fingerprint density at radius 2 is 2.15 bits per heavy atom. The van der Waals surface area contributed by atoms with Gasteiger partial charge in [0.15, 0.2) is 17.2 Å². The highest BCUT2D eigenvalue weighted by atomic mass is 127. The van der Waals surface area contributed by atoms with E-state index in [0.717, 1.165) is 24.9 Å². The van der Waals surface area contributed by atoms with Crippen LogP contribution in [0.2, 0.25) is 0 Å². The maximum Gasteiger partial charge on any atom is 0.241 e. The monoisotopic (exact) mass is 639 g/mol. The van der Waals surface area contributed by atoms with Gasteiger partial charge in [-0.2, -0.15) is 5.26 Å². The molecule has 2 aliphatic rings. The maximum absolute atomic E-state index is 12.6. The number of hydrogen-bond donors (Lipinski definition) is 4. The Hall–Kier alpha value is -2.69. The lowest BCUT2D eigenvalue weighted by Crippen LogP contribution is -2.35. The predicted octanol–water partition coefficient (Wildman–Crippen LogP) is 3.94. The van der Waals surface area contributed by atoms with Gasteiger partial charge in [0, 0.05) is 5.56 Å². The summed E-state index contributed by atoms with van der Waals surface area (Å²) in [7, 11) is 3.11. The Labute approximate surface area is 219 Å². The number of carbonyl (C=O) groups excluding carboxylic acids is 1. The third-order valence-electron chi connectivity index (χ3n) is 5.91. The third kappa shape index (κ3) is 4.37. The quantitative estimate of drug-likeness (QED) is 0.212. The first-order valence-electron chi connectivity index (χ1n) is 10.5. The number of allylic oxidation sites excluding steroid dienone is 1. The molecule has 178 valence electrons. The molecule has 0 spiro atoms. The molecule has 4 rings (SSSR count). The second kappa shape index (κ2) is 10.3. The summed E-state index contributed by atoms with van der Waals surface area (Å²) in [5.41, 5.74) is 9.08. The number of nitrogens with one attached hydrogen (secondary N) is 3. The highest BCUT2D eigenvalue weighted by Gasteiger charge is 2.35. The number of anilines is 2. The minimum Gasteiger partial charge on any atom is -0.493 e. The molecule has 1 fully saturated rings. The molecule has 1 amide bonds. The number of nitrogen functional groups attached to an aromatic ring is 1. The molecular weight excluding hydrogens is 617 g/mol. The number of ether oxygens (including phenoxy) is 3. The smallest absolute Gasteiger partial charge is 0.241 e. The van der Waals surface area contributed by atoms with Gasteiger partial charge in [0.2, 0.25) is 11.8 Å². The van der Waals surface area contributed by atoms with Gasteiger partial charge in [0.05, 0.1) is 64.9 Å². The van der Waals surface area contributed by atoms with E-state index in [1.807, 2.05) is 41.1 Å². The van der Waals surface area contributed by atoms with E-state index >= 15 is 0 Å². The molecule has 0 aromatic heterocycles. The number of rotatable bonds is 6. The normalized spacial score (nSPS) is 19.0. The fourth-order valence-electron chi connectivity index (χ4n) is 4.27. The van der Waals surface area contributed by atoms with Crippen molar-refractivity contribution in [3.05, 3.63) is 51.3 Å². The van der Waals surface area contributed by atoms with Crippen molar-refractivity contribution in [3.8, 4) is 23.3 Å². The average molecular weight is 640 g/mol. The molecule has 9 nitrogen and oxygen atoms in total. The van der Waals surface area contributed by atoms with Crippen LogP contribution < -0.4 is 34.1 Å². The number of nitrogens with two attached hydrogens (primary N) is 1. The van der Waals surface area contributed by atoms with Gasteiger partial charge in [-0.15, -0.1) is 0 Å². The zero-order valence-corrected chi connectivity index (χ0v) is 22.2. The zero-order valence-electron chi connectivity index (χ0n) is 18.5. The summed E-state index contributed by atoms with van der Waals surface area (Å²) in [6, 6.07) is 9.28. The summed E-state index contributed by atoms with van der Waals surface area (Å²) < 4.78 is 20.6. The van der Waals surface area contributed by atoms with E-state index in [9.17, 15) is 10.1 Å². The molecule has 0 bridgehead atoms. The zero-order chi connectivity index (χ0) is 24.4. The van der Waals surface area contributed by atoms with E-state index in [0.29, 0.717) is 38.5 Å². The second-order valence-electron chi connectivity index (χ2n) is 7.81. The standard InChI is InChI=1S/C23H23BrIN5O4/c1-32-17-9-11(8-14(24)21(17)33-2)18-12-5-6-15(29-22(31)16-4-3-7-28-16)19(27)20(12)34-23(30-25)13(18)10-26/h5-6,8-9,16,18,28,30H,3-4,7,27H2,1-2H3,(H,29,31). The number of carbonyl (C=O) groups is 1. The minimum absolute atomic E-state index is 0.138. The summed E-state index contributed by atoms with van der Waals surface area (Å²) >= 11 is 5.45. The van der Waals surface area contributed by atoms with E-state index < -0.39 is 5.92 Å². The highest BCUT2D eigenvalue weighted by Crippen LogP contribution is 2.49. The third-order valence-corrected chi connectivity index (χ3v) is 6.98. The van der Waals surface area contributed by atoms with Gasteiger partial charge in [-0.05, 0) is 59.1 Å². The minimum atomic E-state index is -0.495. The van der Waals surface area contributed by atoms with Gasteiger partial charge in [0.1, 0.15) is 11.6 Å². The molecule has 2 atom stereocenters. The Morgan fingerprint density at radius 1 is 1.35 bits per heavy atom. The summed E-state index contributed by atoms with van der Waals surface area (Å²) in [5, 5.41) is 16.1. The van der Waals surface area contributed by atoms with Gasteiger partial charge < -0.3 is 30.6 Å². The van der Waals surface area contributed by atoms with Crippen LogP contribution in [0.5, 0.6) is 17.2 Å². The van der Waals surface area contributed by atoms with Crippen molar-refractivity contribution < 1.29 is 19.0 Å². The van der Waals surface area contributed by atoms with Crippen molar-refractivity contribution in [3.63, 3.8) is 0 Å². The molecule has 2 unspecified atom stereocenters. The van der Waals surface area contributed by atoms with E-state index in [2.05, 4.69) is 36.2 Å². The van der Waals surface area contributed by atoms with Gasteiger partial charge in [-0.1, -0.05) is 6.07 Å². The number of nitrogens with zero attached hydrogens (tertiary/aromatic N) is 1. The van der Waals surface area contributed by atoms with Crippen LogP contribution >= 0.6 is 38.8 Å². The van der Waals surface area contributed by atoms with Crippen molar-refractivity contribution in [1.29, 1.82) is 5.26 Å². The molecule has 0 aliphatic carbocycles. The first kappa shape index (κ1) is 24.4. The lowest BCUT2D eigenvalue weighted by Gasteiger charge is -2.29. The van der Waals surface area contributed by atoms with Crippen LogP contribution in [0.4, 0.5) is 11.4 Å². The van der Waals surface area contributed by atoms with Crippen molar-refractivity contribution in [2.24, 2.45) is 0 Å². The van der Waals surface area contributed by atoms with Crippen molar-refractivity contribution >= 4 is 56.1 Å². The SMILES string of the molecule is COc1cc(C2C(C#N)=C(NI)Oc3c2ccc(NC(=O)C2CCCN2)c3N)cc(Br)c1OC. The van der Waals surface area contributed by atoms with Gasteiger partial charge >= 0.3 is 0 Å². The number of halogens is 2. The highest BCUT2D eigenvalue weighted by molar-refractivity contribution is 14.1. The van der Waals surface area contributed by atoms with Gasteiger partial charge in [-0.3, -0.25) is 8.32 Å². The summed E-state index contributed by atoms with van der Waals surface area (Å²) in [4.78, 5) is 12.6. The number of nitriles is 1. The Balaban J connectivity index is 1.82. The fourth-order valence-corrected chi connectivity index (χ4v) is 5.30. The largest absolute Gasteiger partial charge is 0.493 e. The first-order chi connectivity index (χ1) is 16.4. The number of amides is 1. The molecule has 0 radical (unpaired) electrons. The first-order valence-corrected chi connectivity index (χ1v) is 12.4. The van der Waals surface area contributed by atoms with E-state index in [1.165, 1.54) is 0 Å². The molecule has 1 saturated heterocycles. The van der Waals surface area contributed by atoms with Crippen molar-refractivity contribution in [2.45, 2.75) is 24.8 Å². The van der Waals surface area contributed by atoms with Crippen LogP contribution in [0.25, 0.3) is 0 Å². The summed E-state index contributed by atoms with van der Waals surface area (Å²) in [5.74, 6) is 1.09. The molecule has 2 aliphatic heterocycles. The maximum atomic E-state index is 12.6. The summed E-state index contributed by atoms with van der Waals surface area (Å²) in [6.45, 7) is 0.815. The van der Waals surface area contributed by atoms with Crippen LogP contribution in [0.1, 0.15) is 29.9 Å². The molecule has 5 N–H and O–H groups in total. The molecule has 11 heteroatoms. The number of benzene rings is 2. The van der Waals surface area contributed by atoms with Crippen LogP contribution in [0, 0.1) is 11.3 Å². The van der Waals surface area contributed by atoms with Gasteiger partial charge in [0.25, 0.3) is 0 Å². The number of methoxy groups -OCH3 is 2. The van der Waals surface area contributed by atoms with Crippen LogP contribution in [0.3, 0.4) is 0 Å².